The first kappa shape index (κ1) is 14.4. The molecule has 0 heterocycles. The van der Waals surface area contributed by atoms with E-state index in [2.05, 4.69) is 18.2 Å². The predicted molar refractivity (Wildman–Crippen MR) is 86.7 cm³/mol. The van der Waals surface area contributed by atoms with Crippen molar-refractivity contribution in [3.8, 4) is 5.75 Å². The lowest BCUT2D eigenvalue weighted by Gasteiger charge is -2.15. The molecule has 0 saturated heterocycles. The zero-order chi connectivity index (χ0) is 14.7. The summed E-state index contributed by atoms with van der Waals surface area (Å²) in [6.07, 6.45) is 7.15. The predicted octanol–water partition coefficient (Wildman–Crippen LogP) is 4.85. The van der Waals surface area contributed by atoms with E-state index in [1.165, 1.54) is 25.7 Å². The van der Waals surface area contributed by atoms with Crippen molar-refractivity contribution in [1.29, 1.82) is 0 Å². The minimum atomic E-state index is -0.336. The minimum Gasteiger partial charge on any atom is -0.497 e. The van der Waals surface area contributed by atoms with E-state index in [-0.39, 0.29) is 6.10 Å². The van der Waals surface area contributed by atoms with Crippen molar-refractivity contribution in [2.75, 3.05) is 7.11 Å². The second-order valence-electron chi connectivity index (χ2n) is 6.22. The van der Waals surface area contributed by atoms with E-state index in [0.717, 1.165) is 40.8 Å². The molecule has 3 rings (SSSR count). The van der Waals surface area contributed by atoms with Crippen LogP contribution >= 0.6 is 0 Å². The van der Waals surface area contributed by atoms with Crippen LogP contribution in [0.1, 0.15) is 50.2 Å². The summed E-state index contributed by atoms with van der Waals surface area (Å²) in [5, 5.41) is 12.7. The number of hydrogen-bond acceptors (Lipinski definition) is 2. The van der Waals surface area contributed by atoms with Crippen LogP contribution in [0.15, 0.2) is 36.4 Å². The maximum atomic E-state index is 10.4. The van der Waals surface area contributed by atoms with Gasteiger partial charge in [0.2, 0.25) is 0 Å². The van der Waals surface area contributed by atoms with Crippen molar-refractivity contribution in [2.45, 2.75) is 44.6 Å². The van der Waals surface area contributed by atoms with Gasteiger partial charge < -0.3 is 9.84 Å². The second kappa shape index (κ2) is 6.48. The first-order chi connectivity index (χ1) is 10.3. The number of rotatable bonds is 5. The van der Waals surface area contributed by atoms with Gasteiger partial charge in [0, 0.05) is 0 Å². The third kappa shape index (κ3) is 3.38. The number of methoxy groups -OCH3 is 1. The number of aliphatic hydroxyl groups is 1. The summed E-state index contributed by atoms with van der Waals surface area (Å²) in [7, 11) is 1.68. The van der Waals surface area contributed by atoms with Gasteiger partial charge in [-0.25, -0.2) is 0 Å². The summed E-state index contributed by atoms with van der Waals surface area (Å²) in [6.45, 7) is 0. The quantitative estimate of drug-likeness (QED) is 0.850. The standard InChI is InChI=1S/C19H24O2/c1-21-18-10-9-15-12-17(8-7-16(15)13-18)19(20)11-6-14-4-2-3-5-14/h7-10,12-14,19-20H,2-6,11H2,1H3. The molecule has 1 N–H and O–H groups in total. The molecule has 0 amide bonds. The molecule has 0 bridgehead atoms. The molecule has 1 atom stereocenters. The first-order valence-electron chi connectivity index (χ1n) is 8.02. The van der Waals surface area contributed by atoms with E-state index in [1.54, 1.807) is 7.11 Å². The zero-order valence-electron chi connectivity index (χ0n) is 12.7. The van der Waals surface area contributed by atoms with Gasteiger partial charge in [0.1, 0.15) is 5.75 Å². The lowest BCUT2D eigenvalue weighted by molar-refractivity contribution is 0.157. The maximum Gasteiger partial charge on any atom is 0.119 e. The fourth-order valence-electron chi connectivity index (χ4n) is 3.44. The molecule has 1 unspecified atom stereocenters. The highest BCUT2D eigenvalue weighted by Crippen LogP contribution is 2.32. The van der Waals surface area contributed by atoms with Gasteiger partial charge >= 0.3 is 0 Å². The SMILES string of the molecule is COc1ccc2cc(C(O)CCC3CCCC3)ccc2c1. The molecule has 112 valence electrons. The van der Waals surface area contributed by atoms with Crippen LogP contribution in [0.25, 0.3) is 10.8 Å². The smallest absolute Gasteiger partial charge is 0.119 e. The van der Waals surface area contributed by atoms with Crippen molar-refractivity contribution in [3.05, 3.63) is 42.0 Å². The molecule has 1 aliphatic rings. The van der Waals surface area contributed by atoms with E-state index in [9.17, 15) is 5.11 Å². The highest BCUT2D eigenvalue weighted by atomic mass is 16.5. The van der Waals surface area contributed by atoms with Gasteiger partial charge in [0.15, 0.2) is 0 Å². The molecule has 2 aromatic carbocycles. The Morgan fingerprint density at radius 2 is 1.81 bits per heavy atom. The molecule has 0 radical (unpaired) electrons. The number of ether oxygens (including phenoxy) is 1. The van der Waals surface area contributed by atoms with Gasteiger partial charge in [-0.15, -0.1) is 0 Å². The van der Waals surface area contributed by atoms with Crippen LogP contribution in [0.4, 0.5) is 0 Å². The number of fused-ring (bicyclic) bond motifs is 1. The van der Waals surface area contributed by atoms with Gasteiger partial charge in [0.25, 0.3) is 0 Å². The van der Waals surface area contributed by atoms with Gasteiger partial charge in [-0.1, -0.05) is 43.9 Å². The zero-order valence-corrected chi connectivity index (χ0v) is 12.7. The summed E-state index contributed by atoms with van der Waals surface area (Å²) in [4.78, 5) is 0. The Hall–Kier alpha value is -1.54. The van der Waals surface area contributed by atoms with Gasteiger partial charge in [-0.05, 0) is 53.3 Å². The molecule has 2 nitrogen and oxygen atoms in total. The van der Waals surface area contributed by atoms with E-state index < -0.39 is 0 Å². The van der Waals surface area contributed by atoms with Crippen LogP contribution in [0.2, 0.25) is 0 Å². The van der Waals surface area contributed by atoms with Crippen LogP contribution in [0.3, 0.4) is 0 Å². The van der Waals surface area contributed by atoms with Crippen molar-refractivity contribution in [2.24, 2.45) is 5.92 Å². The van der Waals surface area contributed by atoms with E-state index in [4.69, 9.17) is 4.74 Å². The summed E-state index contributed by atoms with van der Waals surface area (Å²) in [5.74, 6) is 1.71. The molecule has 21 heavy (non-hydrogen) atoms. The monoisotopic (exact) mass is 284 g/mol. The maximum absolute atomic E-state index is 10.4. The van der Waals surface area contributed by atoms with Crippen molar-refractivity contribution in [1.82, 2.24) is 0 Å². The van der Waals surface area contributed by atoms with Crippen LogP contribution in [0, 0.1) is 5.92 Å². The number of hydrogen-bond donors (Lipinski definition) is 1. The topological polar surface area (TPSA) is 29.5 Å². The average Bonchev–Trinajstić information content (AvgIpc) is 3.05. The molecule has 0 aromatic heterocycles. The third-order valence-corrected chi connectivity index (χ3v) is 4.78. The Bertz CT molecular complexity index is 600. The van der Waals surface area contributed by atoms with Crippen LogP contribution in [0.5, 0.6) is 5.75 Å². The van der Waals surface area contributed by atoms with Gasteiger partial charge in [0.05, 0.1) is 13.2 Å². The molecule has 1 fully saturated rings. The third-order valence-electron chi connectivity index (χ3n) is 4.78. The second-order valence-corrected chi connectivity index (χ2v) is 6.22. The molecule has 1 saturated carbocycles. The Balaban J connectivity index is 1.70. The minimum absolute atomic E-state index is 0.336. The fourth-order valence-corrected chi connectivity index (χ4v) is 3.44. The Morgan fingerprint density at radius 3 is 2.57 bits per heavy atom. The highest BCUT2D eigenvalue weighted by molar-refractivity contribution is 5.84. The molecular formula is C19H24O2. The average molecular weight is 284 g/mol. The van der Waals surface area contributed by atoms with Crippen LogP contribution in [-0.4, -0.2) is 12.2 Å². The molecule has 2 heteroatoms. The lowest BCUT2D eigenvalue weighted by Crippen LogP contribution is -2.01. The normalized spacial score (nSPS) is 17.2. The van der Waals surface area contributed by atoms with Crippen LogP contribution < -0.4 is 4.74 Å². The van der Waals surface area contributed by atoms with Crippen molar-refractivity contribution in [3.63, 3.8) is 0 Å². The largest absolute Gasteiger partial charge is 0.497 e. The van der Waals surface area contributed by atoms with Crippen LogP contribution in [-0.2, 0) is 0 Å². The first-order valence-corrected chi connectivity index (χ1v) is 8.02. The fraction of sp³-hybridized carbons (Fsp3) is 0.474. The Kier molecular flexibility index (Phi) is 4.45. The van der Waals surface area contributed by atoms with Crippen molar-refractivity contribution < 1.29 is 9.84 Å². The lowest BCUT2D eigenvalue weighted by atomic mass is 9.95. The summed E-state index contributed by atoms with van der Waals surface area (Å²) in [6, 6.07) is 12.3. The highest BCUT2D eigenvalue weighted by Gasteiger charge is 2.17. The summed E-state index contributed by atoms with van der Waals surface area (Å²) >= 11 is 0. The van der Waals surface area contributed by atoms with Crippen molar-refractivity contribution >= 4 is 10.8 Å². The van der Waals surface area contributed by atoms with E-state index in [1.807, 2.05) is 18.2 Å². The molecule has 0 spiro atoms. The van der Waals surface area contributed by atoms with E-state index >= 15 is 0 Å². The van der Waals surface area contributed by atoms with E-state index in [0.29, 0.717) is 0 Å². The summed E-state index contributed by atoms with van der Waals surface area (Å²) in [5.41, 5.74) is 1.03. The molecule has 0 aliphatic heterocycles. The Labute approximate surface area is 126 Å². The Morgan fingerprint density at radius 1 is 1.10 bits per heavy atom. The van der Waals surface area contributed by atoms with Gasteiger partial charge in [-0.3, -0.25) is 0 Å². The number of benzene rings is 2. The molecule has 2 aromatic rings. The summed E-state index contributed by atoms with van der Waals surface area (Å²) < 4.78 is 5.25. The number of aliphatic hydroxyl groups excluding tert-OH is 1. The van der Waals surface area contributed by atoms with Gasteiger partial charge in [-0.2, -0.15) is 0 Å². The molecular weight excluding hydrogens is 260 g/mol. The molecule has 1 aliphatic carbocycles.